The second-order valence-electron chi connectivity index (χ2n) is 7.46. The largest absolute Gasteiger partial charge is 0.382 e. The van der Waals surface area contributed by atoms with Crippen LogP contribution in [0.15, 0.2) is 30.5 Å². The molecule has 0 spiro atoms. The number of hydrogen-bond donors (Lipinski definition) is 3. The van der Waals surface area contributed by atoms with E-state index in [-0.39, 0.29) is 12.2 Å². The molecule has 0 bridgehead atoms. The molecular weight excluding hydrogens is 385 g/mol. The van der Waals surface area contributed by atoms with Crippen LogP contribution in [0.2, 0.25) is 0 Å². The molecule has 7 nitrogen and oxygen atoms in total. The fourth-order valence-electron chi connectivity index (χ4n) is 3.45. The van der Waals surface area contributed by atoms with Crippen LogP contribution in [0.25, 0.3) is 22.4 Å². The molecule has 0 aromatic carbocycles. The van der Waals surface area contributed by atoms with Crippen LogP contribution in [-0.2, 0) is 0 Å². The number of rotatable bonds is 4. The molecule has 3 aromatic heterocycles. The van der Waals surface area contributed by atoms with E-state index in [4.69, 9.17) is 0 Å². The van der Waals surface area contributed by atoms with Gasteiger partial charge in [-0.3, -0.25) is 5.10 Å². The highest BCUT2D eigenvalue weighted by atomic mass is 19.3. The summed E-state index contributed by atoms with van der Waals surface area (Å²) in [7, 11) is 0. The number of halogens is 3. The van der Waals surface area contributed by atoms with E-state index in [1.807, 2.05) is 0 Å². The Bertz CT molecular complexity index is 1030. The topological polar surface area (TPSA) is 90.0 Å². The minimum Gasteiger partial charge on any atom is -0.382 e. The quantitative estimate of drug-likeness (QED) is 0.616. The van der Waals surface area contributed by atoms with Crippen molar-refractivity contribution in [1.82, 2.24) is 25.5 Å². The van der Waals surface area contributed by atoms with Gasteiger partial charge in [0.1, 0.15) is 22.8 Å². The van der Waals surface area contributed by atoms with Crippen LogP contribution < -0.4 is 10.2 Å². The van der Waals surface area contributed by atoms with Crippen LogP contribution in [0.5, 0.6) is 0 Å². The first-order valence-electron chi connectivity index (χ1n) is 9.23. The summed E-state index contributed by atoms with van der Waals surface area (Å²) in [4.78, 5) is 10.3. The van der Waals surface area contributed by atoms with Gasteiger partial charge in [-0.15, -0.1) is 0 Å². The Morgan fingerprint density at radius 1 is 1.21 bits per heavy atom. The molecule has 0 radical (unpaired) electrons. The highest BCUT2D eigenvalue weighted by Gasteiger charge is 2.51. The standard InChI is InChI=1S/C19H21F3N6O/c1-18(29,19(2,21)22)13-10-28(9-8-23-13)14-6-5-12(20)16(25-14)15-11-4-3-7-24-17(11)27-26-15/h3-7,13,23,29H,8-10H2,1-2H3,(H,24,26,27). The van der Waals surface area contributed by atoms with E-state index >= 15 is 0 Å². The van der Waals surface area contributed by atoms with Gasteiger partial charge in [0.05, 0.1) is 6.04 Å². The van der Waals surface area contributed by atoms with Gasteiger partial charge in [0.25, 0.3) is 5.92 Å². The van der Waals surface area contributed by atoms with E-state index in [0.29, 0.717) is 42.6 Å². The lowest BCUT2D eigenvalue weighted by atomic mass is 9.88. The number of pyridine rings is 2. The fraction of sp³-hybridized carbons (Fsp3) is 0.421. The fourth-order valence-corrected chi connectivity index (χ4v) is 3.45. The molecule has 4 rings (SSSR count). The van der Waals surface area contributed by atoms with Gasteiger partial charge in [-0.1, -0.05) is 0 Å². The van der Waals surface area contributed by atoms with E-state index < -0.39 is 23.4 Å². The van der Waals surface area contributed by atoms with Gasteiger partial charge in [-0.2, -0.15) is 5.10 Å². The maximum atomic E-state index is 14.5. The van der Waals surface area contributed by atoms with Crippen molar-refractivity contribution in [2.24, 2.45) is 0 Å². The first-order valence-corrected chi connectivity index (χ1v) is 9.23. The molecule has 1 aliphatic rings. The number of H-pyrrole nitrogens is 1. The van der Waals surface area contributed by atoms with Gasteiger partial charge in [0.15, 0.2) is 11.5 Å². The van der Waals surface area contributed by atoms with Crippen molar-refractivity contribution in [2.45, 2.75) is 31.4 Å². The lowest BCUT2D eigenvalue weighted by Crippen LogP contribution is -2.65. The zero-order valence-electron chi connectivity index (χ0n) is 16.0. The number of anilines is 1. The molecular formula is C19H21F3N6O. The number of aromatic amines is 1. The van der Waals surface area contributed by atoms with Crippen LogP contribution in [0.4, 0.5) is 19.0 Å². The third kappa shape index (κ3) is 3.42. The Kier molecular flexibility index (Phi) is 4.70. The minimum atomic E-state index is -3.30. The van der Waals surface area contributed by atoms with Crippen molar-refractivity contribution in [3.8, 4) is 11.4 Å². The van der Waals surface area contributed by atoms with Gasteiger partial charge in [-0.05, 0) is 31.2 Å². The summed E-state index contributed by atoms with van der Waals surface area (Å²) in [6, 6.07) is 5.36. The first-order chi connectivity index (χ1) is 13.7. The molecule has 10 heteroatoms. The Morgan fingerprint density at radius 3 is 2.76 bits per heavy atom. The number of aromatic nitrogens is 4. The average molecular weight is 406 g/mol. The first kappa shape index (κ1) is 19.6. The number of nitrogens with zero attached hydrogens (tertiary/aromatic N) is 4. The maximum absolute atomic E-state index is 14.5. The van der Waals surface area contributed by atoms with Crippen molar-refractivity contribution in [2.75, 3.05) is 24.5 Å². The normalized spacial score (nSPS) is 20.1. The number of aliphatic hydroxyl groups is 1. The minimum absolute atomic E-state index is 0.0458. The molecule has 0 amide bonds. The molecule has 29 heavy (non-hydrogen) atoms. The van der Waals surface area contributed by atoms with Gasteiger partial charge in [0, 0.05) is 38.1 Å². The monoisotopic (exact) mass is 406 g/mol. The molecule has 4 heterocycles. The van der Waals surface area contributed by atoms with E-state index in [1.165, 1.54) is 12.1 Å². The molecule has 1 fully saturated rings. The predicted octanol–water partition coefficient (Wildman–Crippen LogP) is 2.34. The maximum Gasteiger partial charge on any atom is 0.274 e. The number of nitrogens with one attached hydrogen (secondary N) is 2. The molecule has 0 aliphatic carbocycles. The Balaban J connectivity index is 1.67. The van der Waals surface area contributed by atoms with E-state index in [0.717, 1.165) is 6.92 Å². The number of fused-ring (bicyclic) bond motifs is 1. The summed E-state index contributed by atoms with van der Waals surface area (Å²) in [5, 5.41) is 20.8. The number of hydrogen-bond acceptors (Lipinski definition) is 6. The molecule has 154 valence electrons. The van der Waals surface area contributed by atoms with Gasteiger partial charge < -0.3 is 15.3 Å². The molecule has 3 N–H and O–H groups in total. The van der Waals surface area contributed by atoms with Gasteiger partial charge in [0.2, 0.25) is 0 Å². The summed E-state index contributed by atoms with van der Waals surface area (Å²) in [6.45, 7) is 2.75. The van der Waals surface area contributed by atoms with Crippen molar-refractivity contribution < 1.29 is 18.3 Å². The Morgan fingerprint density at radius 2 is 2.00 bits per heavy atom. The lowest BCUT2D eigenvalue weighted by Gasteiger charge is -2.43. The van der Waals surface area contributed by atoms with E-state index in [2.05, 4.69) is 25.5 Å². The van der Waals surface area contributed by atoms with Crippen LogP contribution in [0.3, 0.4) is 0 Å². The summed E-state index contributed by atoms with van der Waals surface area (Å²) in [6.07, 6.45) is 1.60. The summed E-state index contributed by atoms with van der Waals surface area (Å²) in [5.41, 5.74) is -1.37. The highest BCUT2D eigenvalue weighted by molar-refractivity contribution is 5.89. The number of piperazine rings is 1. The zero-order valence-corrected chi connectivity index (χ0v) is 16.0. The summed E-state index contributed by atoms with van der Waals surface area (Å²) < 4.78 is 42.3. The third-order valence-corrected chi connectivity index (χ3v) is 5.46. The smallest absolute Gasteiger partial charge is 0.274 e. The van der Waals surface area contributed by atoms with Crippen LogP contribution in [-0.4, -0.2) is 62.5 Å². The van der Waals surface area contributed by atoms with Crippen molar-refractivity contribution in [3.05, 3.63) is 36.3 Å². The lowest BCUT2D eigenvalue weighted by molar-refractivity contribution is -0.174. The summed E-state index contributed by atoms with van der Waals surface area (Å²) in [5.74, 6) is -3.43. The molecule has 2 atom stereocenters. The molecule has 1 aliphatic heterocycles. The highest BCUT2D eigenvalue weighted by Crippen LogP contribution is 2.33. The predicted molar refractivity (Wildman–Crippen MR) is 102 cm³/mol. The van der Waals surface area contributed by atoms with Crippen LogP contribution >= 0.6 is 0 Å². The third-order valence-electron chi connectivity index (χ3n) is 5.46. The average Bonchev–Trinajstić information content (AvgIpc) is 3.11. The number of alkyl halides is 2. The van der Waals surface area contributed by atoms with Crippen LogP contribution in [0, 0.1) is 5.82 Å². The van der Waals surface area contributed by atoms with E-state index in [9.17, 15) is 18.3 Å². The van der Waals surface area contributed by atoms with Gasteiger partial charge >= 0.3 is 0 Å². The molecule has 1 saturated heterocycles. The molecule has 0 saturated carbocycles. The van der Waals surface area contributed by atoms with Crippen molar-refractivity contribution >= 4 is 16.9 Å². The van der Waals surface area contributed by atoms with Crippen molar-refractivity contribution in [1.29, 1.82) is 0 Å². The SMILES string of the molecule is CC(F)(F)C(C)(O)C1CN(c2ccc(F)c(-c3n[nH]c4ncccc34)n2)CCN1. The van der Waals surface area contributed by atoms with Gasteiger partial charge in [-0.25, -0.2) is 23.1 Å². The zero-order chi connectivity index (χ0) is 20.8. The second kappa shape index (κ2) is 6.96. The summed E-state index contributed by atoms with van der Waals surface area (Å²) >= 11 is 0. The Hall–Kier alpha value is -2.72. The van der Waals surface area contributed by atoms with Crippen molar-refractivity contribution in [3.63, 3.8) is 0 Å². The molecule has 2 unspecified atom stereocenters. The Labute approximate surface area is 165 Å². The molecule has 3 aromatic rings. The second-order valence-corrected chi connectivity index (χ2v) is 7.46. The van der Waals surface area contributed by atoms with Crippen LogP contribution in [0.1, 0.15) is 13.8 Å². The van der Waals surface area contributed by atoms with E-state index in [1.54, 1.807) is 23.2 Å².